The first kappa shape index (κ1) is 23.7. The van der Waals surface area contributed by atoms with Crippen molar-refractivity contribution in [1.29, 1.82) is 0 Å². The molecule has 0 saturated heterocycles. The summed E-state index contributed by atoms with van der Waals surface area (Å²) in [6.45, 7) is 1.57. The van der Waals surface area contributed by atoms with Gasteiger partial charge in [-0.05, 0) is 25.1 Å². The van der Waals surface area contributed by atoms with Gasteiger partial charge >= 0.3 is 5.97 Å². The van der Waals surface area contributed by atoms with Crippen LogP contribution < -0.4 is 5.32 Å². The molecule has 0 radical (unpaired) electrons. The topological polar surface area (TPSA) is 125 Å². The second kappa shape index (κ2) is 10.2. The Morgan fingerprint density at radius 2 is 1.71 bits per heavy atom. The van der Waals surface area contributed by atoms with Crippen molar-refractivity contribution in [2.24, 2.45) is 0 Å². The maximum Gasteiger partial charge on any atom is 0.361 e. The lowest BCUT2D eigenvalue weighted by Gasteiger charge is -2.18. The summed E-state index contributed by atoms with van der Waals surface area (Å²) in [7, 11) is 0. The second-order valence-electron chi connectivity index (χ2n) is 7.40. The highest BCUT2D eigenvalue weighted by atomic mass is 35.5. The summed E-state index contributed by atoms with van der Waals surface area (Å²) in [5.74, 6) is -1.08. The molecule has 4 rings (SSSR count). The van der Waals surface area contributed by atoms with Crippen LogP contribution in [-0.2, 0) is 9.53 Å². The number of amides is 1. The van der Waals surface area contributed by atoms with Crippen molar-refractivity contribution in [2.75, 3.05) is 5.32 Å². The van der Waals surface area contributed by atoms with Crippen LogP contribution in [-0.4, -0.2) is 21.8 Å². The van der Waals surface area contributed by atoms with Gasteiger partial charge in [-0.15, -0.1) is 0 Å². The summed E-state index contributed by atoms with van der Waals surface area (Å²) >= 11 is 6.10. The number of halogens is 1. The van der Waals surface area contributed by atoms with Crippen molar-refractivity contribution < 1.29 is 23.7 Å². The lowest BCUT2D eigenvalue weighted by molar-refractivity contribution is -0.384. The molecule has 35 heavy (non-hydrogen) atoms. The molecule has 1 heterocycles. The zero-order valence-corrected chi connectivity index (χ0v) is 19.1. The number of oxazole rings is 1. The first-order chi connectivity index (χ1) is 16.8. The molecule has 9 nitrogen and oxygen atoms in total. The van der Waals surface area contributed by atoms with Crippen LogP contribution >= 0.6 is 11.6 Å². The van der Waals surface area contributed by atoms with Crippen LogP contribution in [0, 0.1) is 17.0 Å². The molecule has 0 aliphatic rings. The summed E-state index contributed by atoms with van der Waals surface area (Å²) in [6.07, 6.45) is -1.36. The predicted octanol–water partition coefficient (Wildman–Crippen LogP) is 5.75. The van der Waals surface area contributed by atoms with Crippen molar-refractivity contribution in [1.82, 2.24) is 4.98 Å². The summed E-state index contributed by atoms with van der Waals surface area (Å²) in [5.41, 5.74) is 0.921. The van der Waals surface area contributed by atoms with Crippen LogP contribution in [0.15, 0.2) is 83.3 Å². The van der Waals surface area contributed by atoms with E-state index in [9.17, 15) is 19.7 Å². The SMILES string of the molecule is Cc1oc(-c2ccccc2)nc1C(=O)OC(C(=O)Nc1ccc([N+](=O)[O-])cc1Cl)c1ccccc1. The number of rotatable bonds is 7. The lowest BCUT2D eigenvalue weighted by Crippen LogP contribution is -2.26. The number of carbonyl (C=O) groups excluding carboxylic acids is 2. The molecule has 0 fully saturated rings. The normalized spacial score (nSPS) is 11.5. The van der Waals surface area contributed by atoms with Gasteiger partial charge in [0.25, 0.3) is 11.6 Å². The third-order valence-corrected chi connectivity index (χ3v) is 5.31. The first-order valence-corrected chi connectivity index (χ1v) is 10.7. The molecule has 0 aliphatic heterocycles. The summed E-state index contributed by atoms with van der Waals surface area (Å²) in [5, 5.41) is 13.5. The molecule has 0 aliphatic carbocycles. The molecule has 0 spiro atoms. The molecular formula is C25H18ClN3O6. The van der Waals surface area contributed by atoms with E-state index in [1.165, 1.54) is 12.1 Å². The highest BCUT2D eigenvalue weighted by molar-refractivity contribution is 6.34. The average Bonchev–Trinajstić information content (AvgIpc) is 3.26. The highest BCUT2D eigenvalue weighted by Crippen LogP contribution is 2.29. The van der Waals surface area contributed by atoms with Crippen LogP contribution in [0.25, 0.3) is 11.5 Å². The number of hydrogen-bond acceptors (Lipinski definition) is 7. The number of anilines is 1. The molecule has 1 atom stereocenters. The first-order valence-electron chi connectivity index (χ1n) is 10.4. The quantitative estimate of drug-likeness (QED) is 0.198. The number of carbonyl (C=O) groups is 2. The monoisotopic (exact) mass is 491 g/mol. The minimum absolute atomic E-state index is 0.0365. The third-order valence-electron chi connectivity index (χ3n) is 5.00. The molecule has 4 aromatic rings. The number of esters is 1. The molecule has 3 aromatic carbocycles. The number of nitro benzene ring substituents is 1. The maximum absolute atomic E-state index is 13.1. The fraction of sp³-hybridized carbons (Fsp3) is 0.0800. The van der Waals surface area contributed by atoms with Crippen LogP contribution in [0.2, 0.25) is 5.02 Å². The standard InChI is InChI=1S/C25H18ClN3O6/c1-15-21(28-24(34-15)17-10-6-3-7-11-17)25(31)35-22(16-8-4-2-5-9-16)23(30)27-20-13-12-18(29(32)33)14-19(20)26/h2-14,22H,1H3,(H,27,30). The van der Waals surface area contributed by atoms with Gasteiger partial charge in [0.2, 0.25) is 12.0 Å². The van der Waals surface area contributed by atoms with Crippen molar-refractivity contribution >= 4 is 34.9 Å². The Morgan fingerprint density at radius 1 is 1.06 bits per heavy atom. The van der Waals surface area contributed by atoms with E-state index in [-0.39, 0.29) is 33.7 Å². The molecule has 176 valence electrons. The second-order valence-corrected chi connectivity index (χ2v) is 7.80. The number of ether oxygens (including phenoxy) is 1. The van der Waals surface area contributed by atoms with Gasteiger partial charge in [0.05, 0.1) is 15.6 Å². The van der Waals surface area contributed by atoms with E-state index >= 15 is 0 Å². The maximum atomic E-state index is 13.1. The Balaban J connectivity index is 1.60. The lowest BCUT2D eigenvalue weighted by atomic mass is 10.1. The zero-order chi connectivity index (χ0) is 24.9. The summed E-state index contributed by atoms with van der Waals surface area (Å²) in [6, 6.07) is 21.0. The molecule has 1 unspecified atom stereocenters. The van der Waals surface area contributed by atoms with Gasteiger partial charge in [-0.25, -0.2) is 9.78 Å². The Morgan fingerprint density at radius 3 is 2.34 bits per heavy atom. The largest absolute Gasteiger partial charge is 0.442 e. The van der Waals surface area contributed by atoms with Crippen molar-refractivity contribution in [3.63, 3.8) is 0 Å². The molecular weight excluding hydrogens is 474 g/mol. The van der Waals surface area contributed by atoms with Gasteiger partial charge in [-0.3, -0.25) is 14.9 Å². The van der Waals surface area contributed by atoms with E-state index in [0.29, 0.717) is 11.1 Å². The van der Waals surface area contributed by atoms with E-state index in [1.807, 2.05) is 18.2 Å². The van der Waals surface area contributed by atoms with Crippen molar-refractivity contribution in [3.8, 4) is 11.5 Å². The van der Waals surface area contributed by atoms with Crippen LogP contribution in [0.1, 0.15) is 27.9 Å². The molecule has 0 bridgehead atoms. The Labute approximate surface area is 204 Å². The summed E-state index contributed by atoms with van der Waals surface area (Å²) in [4.78, 5) is 40.7. The van der Waals surface area contributed by atoms with Crippen LogP contribution in [0.3, 0.4) is 0 Å². The Bertz CT molecular complexity index is 1390. The van der Waals surface area contributed by atoms with E-state index in [4.69, 9.17) is 20.8 Å². The number of non-ortho nitro benzene ring substituents is 1. The van der Waals surface area contributed by atoms with Gasteiger partial charge in [0, 0.05) is 23.3 Å². The van der Waals surface area contributed by atoms with E-state index < -0.39 is 22.9 Å². The number of nitro groups is 1. The van der Waals surface area contributed by atoms with Gasteiger partial charge in [-0.1, -0.05) is 60.1 Å². The van der Waals surface area contributed by atoms with Gasteiger partial charge < -0.3 is 14.5 Å². The Hall–Kier alpha value is -4.50. The van der Waals surface area contributed by atoms with Crippen molar-refractivity contribution in [3.05, 3.63) is 111 Å². The van der Waals surface area contributed by atoms with Crippen LogP contribution in [0.5, 0.6) is 0 Å². The zero-order valence-electron chi connectivity index (χ0n) is 18.3. The average molecular weight is 492 g/mol. The molecule has 1 N–H and O–H groups in total. The van der Waals surface area contributed by atoms with E-state index in [1.54, 1.807) is 49.4 Å². The fourth-order valence-electron chi connectivity index (χ4n) is 3.27. The number of aryl methyl sites for hydroxylation is 1. The fourth-order valence-corrected chi connectivity index (χ4v) is 3.49. The smallest absolute Gasteiger partial charge is 0.361 e. The van der Waals surface area contributed by atoms with Crippen molar-refractivity contribution in [2.45, 2.75) is 13.0 Å². The number of hydrogen-bond donors (Lipinski definition) is 1. The molecule has 10 heteroatoms. The van der Waals surface area contributed by atoms with Gasteiger partial charge in [-0.2, -0.15) is 0 Å². The number of nitrogens with zero attached hydrogens (tertiary/aromatic N) is 2. The Kier molecular flexibility index (Phi) is 6.88. The van der Waals surface area contributed by atoms with Gasteiger partial charge in [0.1, 0.15) is 5.76 Å². The third kappa shape index (κ3) is 5.36. The molecule has 0 saturated carbocycles. The highest BCUT2D eigenvalue weighted by Gasteiger charge is 2.29. The van der Waals surface area contributed by atoms with Gasteiger partial charge in [0.15, 0.2) is 5.69 Å². The number of aromatic nitrogens is 1. The van der Waals surface area contributed by atoms with Crippen LogP contribution in [0.4, 0.5) is 11.4 Å². The molecule has 1 amide bonds. The van der Waals surface area contributed by atoms with E-state index in [0.717, 1.165) is 6.07 Å². The van der Waals surface area contributed by atoms with E-state index in [2.05, 4.69) is 10.3 Å². The summed E-state index contributed by atoms with van der Waals surface area (Å²) < 4.78 is 11.2. The minimum atomic E-state index is -1.36. The number of nitrogens with one attached hydrogen (secondary N) is 1. The predicted molar refractivity (Wildman–Crippen MR) is 128 cm³/mol. The number of benzene rings is 3. The minimum Gasteiger partial charge on any atom is -0.442 e. The molecule has 1 aromatic heterocycles.